The van der Waals surface area contributed by atoms with Crippen LogP contribution in [0.25, 0.3) is 0 Å². The molecule has 1 aromatic rings. The molecule has 2 atom stereocenters. The lowest BCUT2D eigenvalue weighted by atomic mass is 9.79. The summed E-state index contributed by atoms with van der Waals surface area (Å²) in [6.07, 6.45) is 2.19. The van der Waals surface area contributed by atoms with Gasteiger partial charge in [0.2, 0.25) is 0 Å². The number of morpholine rings is 1. The summed E-state index contributed by atoms with van der Waals surface area (Å²) >= 11 is 0. The van der Waals surface area contributed by atoms with Crippen LogP contribution in [-0.4, -0.2) is 52.0 Å². The van der Waals surface area contributed by atoms with E-state index < -0.39 is 11.2 Å². The van der Waals surface area contributed by atoms with Gasteiger partial charge in [-0.15, -0.1) is 0 Å². The van der Waals surface area contributed by atoms with E-state index in [0.717, 1.165) is 5.56 Å². The monoisotopic (exact) mass is 334 g/mol. The minimum absolute atomic E-state index is 0.209. The molecule has 2 aliphatic heterocycles. The van der Waals surface area contributed by atoms with Crippen molar-refractivity contribution >= 4 is 6.09 Å². The number of ether oxygens (including phenoxy) is 2. The number of pyridine rings is 1. The zero-order chi connectivity index (χ0) is 17.5. The van der Waals surface area contributed by atoms with Crippen LogP contribution in [0.15, 0.2) is 18.3 Å². The molecular formula is C18H26N2O4. The fourth-order valence-electron chi connectivity index (χ4n) is 3.59. The van der Waals surface area contributed by atoms with Crippen molar-refractivity contribution < 1.29 is 19.4 Å². The fourth-order valence-corrected chi connectivity index (χ4v) is 3.59. The molecular weight excluding hydrogens is 308 g/mol. The molecule has 2 aliphatic rings. The number of nitrogens with zero attached hydrogens (tertiary/aromatic N) is 2. The van der Waals surface area contributed by atoms with E-state index in [-0.39, 0.29) is 18.2 Å². The predicted octanol–water partition coefficient (Wildman–Crippen LogP) is 2.38. The molecule has 132 valence electrons. The molecule has 1 N–H and O–H groups in total. The molecule has 3 heterocycles. The maximum atomic E-state index is 12.6. The molecule has 1 amide bonds. The number of aromatic nitrogens is 1. The first-order valence-electron chi connectivity index (χ1n) is 8.42. The van der Waals surface area contributed by atoms with Crippen molar-refractivity contribution in [2.75, 3.05) is 13.2 Å². The minimum Gasteiger partial charge on any atom is -0.444 e. The zero-order valence-corrected chi connectivity index (χ0v) is 14.8. The number of aryl methyl sites for hydroxylation is 1. The van der Waals surface area contributed by atoms with Gasteiger partial charge in [0.05, 0.1) is 31.0 Å². The number of piperidine rings is 1. The van der Waals surface area contributed by atoms with Gasteiger partial charge in [0, 0.05) is 19.0 Å². The van der Waals surface area contributed by atoms with E-state index >= 15 is 0 Å². The summed E-state index contributed by atoms with van der Waals surface area (Å²) < 4.78 is 11.2. The van der Waals surface area contributed by atoms with Gasteiger partial charge in [-0.1, -0.05) is 0 Å². The van der Waals surface area contributed by atoms with Gasteiger partial charge in [-0.3, -0.25) is 9.88 Å². The van der Waals surface area contributed by atoms with E-state index in [4.69, 9.17) is 9.47 Å². The van der Waals surface area contributed by atoms with Crippen LogP contribution in [0.5, 0.6) is 0 Å². The lowest BCUT2D eigenvalue weighted by molar-refractivity contribution is -0.142. The second-order valence-corrected chi connectivity index (χ2v) is 7.89. The van der Waals surface area contributed by atoms with Crippen LogP contribution in [-0.2, 0) is 15.1 Å². The normalized spacial score (nSPS) is 30.1. The van der Waals surface area contributed by atoms with E-state index in [1.807, 2.05) is 39.8 Å². The number of hydrogen-bond acceptors (Lipinski definition) is 5. The Balaban J connectivity index is 1.84. The third-order valence-electron chi connectivity index (χ3n) is 4.55. The third kappa shape index (κ3) is 3.39. The number of rotatable bonds is 1. The Bertz CT molecular complexity index is 612. The second-order valence-electron chi connectivity index (χ2n) is 7.89. The maximum absolute atomic E-state index is 12.6. The third-order valence-corrected chi connectivity index (χ3v) is 4.55. The number of amides is 1. The minimum atomic E-state index is -1.04. The smallest absolute Gasteiger partial charge is 0.410 e. The first-order valence-corrected chi connectivity index (χ1v) is 8.42. The van der Waals surface area contributed by atoms with Gasteiger partial charge >= 0.3 is 6.09 Å². The molecule has 3 rings (SSSR count). The van der Waals surface area contributed by atoms with Crippen molar-refractivity contribution in [2.45, 2.75) is 63.8 Å². The highest BCUT2D eigenvalue weighted by atomic mass is 16.6. The number of carbonyl (C=O) groups is 1. The summed E-state index contributed by atoms with van der Waals surface area (Å²) in [5.41, 5.74) is 0.148. The summed E-state index contributed by atoms with van der Waals surface area (Å²) in [6.45, 7) is 8.36. The van der Waals surface area contributed by atoms with Crippen LogP contribution in [0.1, 0.15) is 44.9 Å². The molecule has 2 bridgehead atoms. The topological polar surface area (TPSA) is 71.9 Å². The highest BCUT2D eigenvalue weighted by Crippen LogP contribution is 2.41. The van der Waals surface area contributed by atoms with Crippen molar-refractivity contribution in [2.24, 2.45) is 0 Å². The van der Waals surface area contributed by atoms with Crippen molar-refractivity contribution in [1.29, 1.82) is 0 Å². The van der Waals surface area contributed by atoms with Crippen LogP contribution in [0.2, 0.25) is 0 Å². The van der Waals surface area contributed by atoms with Gasteiger partial charge in [-0.05, 0) is 45.4 Å². The van der Waals surface area contributed by atoms with Crippen LogP contribution < -0.4 is 0 Å². The molecule has 0 spiro atoms. The lowest BCUT2D eigenvalue weighted by Crippen LogP contribution is -2.63. The molecule has 0 radical (unpaired) electrons. The van der Waals surface area contributed by atoms with Gasteiger partial charge < -0.3 is 14.6 Å². The Morgan fingerprint density at radius 1 is 1.38 bits per heavy atom. The number of fused-ring (bicyclic) bond motifs is 2. The molecule has 6 heteroatoms. The van der Waals surface area contributed by atoms with E-state index in [2.05, 4.69) is 4.98 Å². The average Bonchev–Trinajstić information content (AvgIpc) is 2.44. The van der Waals surface area contributed by atoms with Crippen LogP contribution in [0, 0.1) is 6.92 Å². The standard InChI is InChI=1S/C18H26N2O4/c1-12-5-6-19-15(7-12)18(22)8-13-10-23-11-14(9-18)20(13)16(21)24-17(2,3)4/h5-7,13-14,22H,8-11H2,1-4H3. The van der Waals surface area contributed by atoms with Gasteiger partial charge in [-0.2, -0.15) is 0 Å². The Hall–Kier alpha value is -1.66. The second kappa shape index (κ2) is 6.01. The van der Waals surface area contributed by atoms with E-state index in [1.165, 1.54) is 0 Å². The Morgan fingerprint density at radius 3 is 2.54 bits per heavy atom. The first kappa shape index (κ1) is 17.2. The summed E-state index contributed by atoms with van der Waals surface area (Å²) in [7, 11) is 0. The highest BCUT2D eigenvalue weighted by molar-refractivity contribution is 5.69. The van der Waals surface area contributed by atoms with Gasteiger partial charge in [0.25, 0.3) is 0 Å². The predicted molar refractivity (Wildman–Crippen MR) is 88.6 cm³/mol. The summed E-state index contributed by atoms with van der Waals surface area (Å²) in [5, 5.41) is 11.2. The molecule has 0 aromatic carbocycles. The highest BCUT2D eigenvalue weighted by Gasteiger charge is 2.50. The number of carbonyl (C=O) groups excluding carboxylic acids is 1. The molecule has 24 heavy (non-hydrogen) atoms. The van der Waals surface area contributed by atoms with E-state index in [1.54, 1.807) is 11.1 Å². The number of hydrogen-bond donors (Lipinski definition) is 1. The SMILES string of the molecule is Cc1ccnc(C2(O)CC3COCC(C2)N3C(=O)OC(C)(C)C)c1. The quantitative estimate of drug-likeness (QED) is 0.854. The Morgan fingerprint density at radius 2 is 2.00 bits per heavy atom. The molecule has 0 saturated carbocycles. The van der Waals surface area contributed by atoms with E-state index in [9.17, 15) is 9.90 Å². The first-order chi connectivity index (χ1) is 11.2. The van der Waals surface area contributed by atoms with Crippen LogP contribution >= 0.6 is 0 Å². The summed E-state index contributed by atoms with van der Waals surface area (Å²) in [4.78, 5) is 18.7. The van der Waals surface area contributed by atoms with E-state index in [0.29, 0.717) is 31.7 Å². The molecule has 6 nitrogen and oxygen atoms in total. The van der Waals surface area contributed by atoms with Crippen molar-refractivity contribution in [3.63, 3.8) is 0 Å². The largest absolute Gasteiger partial charge is 0.444 e. The fraction of sp³-hybridized carbons (Fsp3) is 0.667. The maximum Gasteiger partial charge on any atom is 0.410 e. The van der Waals surface area contributed by atoms with Crippen molar-refractivity contribution in [3.8, 4) is 0 Å². The van der Waals surface area contributed by atoms with Crippen LogP contribution in [0.3, 0.4) is 0 Å². The average molecular weight is 334 g/mol. The van der Waals surface area contributed by atoms with Gasteiger partial charge in [0.15, 0.2) is 0 Å². The zero-order valence-electron chi connectivity index (χ0n) is 14.8. The van der Waals surface area contributed by atoms with Crippen molar-refractivity contribution in [3.05, 3.63) is 29.6 Å². The van der Waals surface area contributed by atoms with Crippen molar-refractivity contribution in [1.82, 2.24) is 9.88 Å². The Labute approximate surface area is 142 Å². The Kier molecular flexibility index (Phi) is 4.30. The van der Waals surface area contributed by atoms with Gasteiger partial charge in [0.1, 0.15) is 11.2 Å². The molecule has 0 aliphatic carbocycles. The van der Waals surface area contributed by atoms with Gasteiger partial charge in [-0.25, -0.2) is 4.79 Å². The summed E-state index contributed by atoms with van der Waals surface area (Å²) in [5.74, 6) is 0. The molecule has 2 unspecified atom stereocenters. The summed E-state index contributed by atoms with van der Waals surface area (Å²) in [6, 6.07) is 3.41. The molecule has 2 saturated heterocycles. The van der Waals surface area contributed by atoms with Crippen LogP contribution in [0.4, 0.5) is 4.79 Å². The molecule has 1 aromatic heterocycles. The number of aliphatic hydroxyl groups is 1. The molecule has 2 fully saturated rings. The lowest BCUT2D eigenvalue weighted by Gasteiger charge is -2.51.